The van der Waals surface area contributed by atoms with Crippen LogP contribution in [0.15, 0.2) is 24.8 Å². The first-order valence-electron chi connectivity index (χ1n) is 7.25. The van der Waals surface area contributed by atoms with Crippen molar-refractivity contribution in [1.29, 1.82) is 0 Å². The Morgan fingerprint density at radius 1 is 1.32 bits per heavy atom. The number of Topliss-reactive ketones (excluding diaryl/α,β-unsaturated/α-hetero) is 2. The topological polar surface area (TPSA) is 34.1 Å². The molecular formula is C17H26O2. The van der Waals surface area contributed by atoms with Gasteiger partial charge in [0, 0.05) is 0 Å². The summed E-state index contributed by atoms with van der Waals surface area (Å²) in [6, 6.07) is 0. The Balaban J connectivity index is 3.09. The summed E-state index contributed by atoms with van der Waals surface area (Å²) in [4.78, 5) is 24.3. The molecule has 1 saturated carbocycles. The Labute approximate surface area is 117 Å². The highest BCUT2D eigenvalue weighted by molar-refractivity contribution is 6.06. The molecule has 0 aromatic heterocycles. The molecule has 2 heteroatoms. The molecule has 0 amide bonds. The lowest BCUT2D eigenvalue weighted by Crippen LogP contribution is -2.40. The summed E-state index contributed by atoms with van der Waals surface area (Å²) in [5.41, 5.74) is 0.181. The summed E-state index contributed by atoms with van der Waals surface area (Å²) >= 11 is 0. The average molecular weight is 262 g/mol. The maximum Gasteiger partial charge on any atom is 0.143 e. The van der Waals surface area contributed by atoms with E-state index in [0.717, 1.165) is 31.3 Å². The number of hydrogen-bond donors (Lipinski definition) is 0. The van der Waals surface area contributed by atoms with Gasteiger partial charge in [0.2, 0.25) is 0 Å². The molecule has 0 heterocycles. The maximum atomic E-state index is 12.2. The van der Waals surface area contributed by atoms with Crippen molar-refractivity contribution in [2.24, 2.45) is 17.3 Å². The van der Waals surface area contributed by atoms with Gasteiger partial charge < -0.3 is 0 Å². The van der Waals surface area contributed by atoms with Crippen LogP contribution in [0.2, 0.25) is 0 Å². The van der Waals surface area contributed by atoms with Gasteiger partial charge >= 0.3 is 0 Å². The van der Waals surface area contributed by atoms with E-state index in [9.17, 15) is 9.59 Å². The molecule has 2 nitrogen and oxygen atoms in total. The highest BCUT2D eigenvalue weighted by atomic mass is 16.2. The predicted octanol–water partition coefficient (Wildman–Crippen LogP) is 4.11. The summed E-state index contributed by atoms with van der Waals surface area (Å²) in [5, 5.41) is 0. The zero-order valence-electron chi connectivity index (χ0n) is 12.5. The molecule has 1 rings (SSSR count). The quantitative estimate of drug-likeness (QED) is 0.393. The standard InChI is InChI=1S/C17H26O2/c1-6-8-9-10-16-12(3)15(7-2)11-17(16,13(4)18)14(5)19/h7,15-16H,2-3,6,8-11H2,1,4-5H3/t15-,16-/m0/s1. The largest absolute Gasteiger partial charge is 0.299 e. The van der Waals surface area contributed by atoms with Crippen LogP contribution in [-0.2, 0) is 9.59 Å². The molecule has 0 unspecified atom stereocenters. The lowest BCUT2D eigenvalue weighted by atomic mass is 9.69. The van der Waals surface area contributed by atoms with E-state index in [-0.39, 0.29) is 23.4 Å². The summed E-state index contributed by atoms with van der Waals surface area (Å²) in [6.45, 7) is 13.2. The van der Waals surface area contributed by atoms with Crippen molar-refractivity contribution in [2.75, 3.05) is 0 Å². The highest BCUT2D eigenvalue weighted by Gasteiger charge is 2.54. The maximum absolute atomic E-state index is 12.2. The molecule has 106 valence electrons. The van der Waals surface area contributed by atoms with E-state index >= 15 is 0 Å². The second-order valence-corrected chi connectivity index (χ2v) is 5.75. The van der Waals surface area contributed by atoms with Gasteiger partial charge in [-0.3, -0.25) is 9.59 Å². The van der Waals surface area contributed by atoms with E-state index < -0.39 is 5.41 Å². The number of hydrogen-bond acceptors (Lipinski definition) is 2. The number of ketones is 2. The first kappa shape index (κ1) is 15.9. The molecule has 0 radical (unpaired) electrons. The average Bonchev–Trinajstić information content (AvgIpc) is 2.64. The third-order valence-electron chi connectivity index (χ3n) is 4.70. The van der Waals surface area contributed by atoms with Gasteiger partial charge in [0.25, 0.3) is 0 Å². The predicted molar refractivity (Wildman–Crippen MR) is 78.9 cm³/mol. The number of rotatable bonds is 7. The first-order valence-corrected chi connectivity index (χ1v) is 7.25. The summed E-state index contributed by atoms with van der Waals surface area (Å²) in [5.74, 6) is 0.0791. The molecule has 0 spiro atoms. The first-order chi connectivity index (χ1) is 8.91. The molecule has 2 atom stereocenters. The molecule has 1 fully saturated rings. The van der Waals surface area contributed by atoms with Crippen molar-refractivity contribution in [3.05, 3.63) is 24.8 Å². The highest BCUT2D eigenvalue weighted by Crippen LogP contribution is 2.53. The van der Waals surface area contributed by atoms with Crippen molar-refractivity contribution < 1.29 is 9.59 Å². The molecular weight excluding hydrogens is 236 g/mol. The minimum atomic E-state index is -0.844. The number of unbranched alkanes of at least 4 members (excludes halogenated alkanes) is 2. The Morgan fingerprint density at radius 2 is 1.89 bits per heavy atom. The summed E-state index contributed by atoms with van der Waals surface area (Å²) < 4.78 is 0. The van der Waals surface area contributed by atoms with E-state index in [0.29, 0.717) is 6.42 Å². The zero-order valence-corrected chi connectivity index (χ0v) is 12.5. The van der Waals surface area contributed by atoms with Gasteiger partial charge in [0.1, 0.15) is 11.6 Å². The van der Waals surface area contributed by atoms with E-state index in [1.807, 2.05) is 6.08 Å². The van der Waals surface area contributed by atoms with Crippen LogP contribution < -0.4 is 0 Å². The monoisotopic (exact) mass is 262 g/mol. The van der Waals surface area contributed by atoms with Crippen LogP contribution >= 0.6 is 0 Å². The van der Waals surface area contributed by atoms with Gasteiger partial charge in [-0.2, -0.15) is 0 Å². The minimum absolute atomic E-state index is 0.00273. The fraction of sp³-hybridized carbons (Fsp3) is 0.647. The number of carbonyl (C=O) groups excluding carboxylic acids is 2. The third-order valence-corrected chi connectivity index (χ3v) is 4.70. The van der Waals surface area contributed by atoms with Crippen LogP contribution in [0.4, 0.5) is 0 Å². The van der Waals surface area contributed by atoms with E-state index in [1.54, 1.807) is 13.8 Å². The van der Waals surface area contributed by atoms with Gasteiger partial charge in [-0.1, -0.05) is 44.4 Å². The fourth-order valence-corrected chi connectivity index (χ4v) is 3.49. The third kappa shape index (κ3) is 2.72. The van der Waals surface area contributed by atoms with Gasteiger partial charge in [-0.15, -0.1) is 6.58 Å². The lowest BCUT2D eigenvalue weighted by molar-refractivity contribution is -0.140. The van der Waals surface area contributed by atoms with Crippen LogP contribution in [-0.4, -0.2) is 11.6 Å². The lowest BCUT2D eigenvalue weighted by Gasteiger charge is -2.30. The second kappa shape index (κ2) is 6.31. The van der Waals surface area contributed by atoms with Crippen molar-refractivity contribution in [2.45, 2.75) is 52.9 Å². The second-order valence-electron chi connectivity index (χ2n) is 5.75. The smallest absolute Gasteiger partial charge is 0.143 e. The van der Waals surface area contributed by atoms with Gasteiger partial charge in [-0.05, 0) is 38.5 Å². The van der Waals surface area contributed by atoms with Gasteiger partial charge in [0.15, 0.2) is 0 Å². The van der Waals surface area contributed by atoms with E-state index in [4.69, 9.17) is 0 Å². The van der Waals surface area contributed by atoms with Crippen molar-refractivity contribution in [3.8, 4) is 0 Å². The molecule has 0 bridgehead atoms. The normalized spacial score (nSPS) is 25.3. The van der Waals surface area contributed by atoms with E-state index in [1.165, 1.54) is 0 Å². The van der Waals surface area contributed by atoms with Crippen molar-refractivity contribution in [1.82, 2.24) is 0 Å². The SMILES string of the molecule is C=C[C@H]1CC(C(C)=O)(C(C)=O)[C@@H](CCCCC)C1=C. The molecule has 1 aliphatic carbocycles. The Morgan fingerprint density at radius 3 is 2.32 bits per heavy atom. The van der Waals surface area contributed by atoms with Crippen LogP contribution in [0.5, 0.6) is 0 Å². The molecule has 0 N–H and O–H groups in total. The summed E-state index contributed by atoms with van der Waals surface area (Å²) in [6.07, 6.45) is 6.60. The van der Waals surface area contributed by atoms with Gasteiger partial charge in [-0.25, -0.2) is 0 Å². The van der Waals surface area contributed by atoms with Crippen LogP contribution in [0, 0.1) is 17.3 Å². The zero-order chi connectivity index (χ0) is 14.6. The van der Waals surface area contributed by atoms with Gasteiger partial charge in [0.05, 0.1) is 5.41 Å². The van der Waals surface area contributed by atoms with Crippen molar-refractivity contribution in [3.63, 3.8) is 0 Å². The molecule has 19 heavy (non-hydrogen) atoms. The van der Waals surface area contributed by atoms with Crippen LogP contribution in [0.1, 0.15) is 52.9 Å². The molecule has 0 aromatic rings. The fourth-order valence-electron chi connectivity index (χ4n) is 3.49. The number of allylic oxidation sites excluding steroid dienone is 2. The van der Waals surface area contributed by atoms with Crippen LogP contribution in [0.25, 0.3) is 0 Å². The number of carbonyl (C=O) groups is 2. The molecule has 0 aliphatic heterocycles. The molecule has 1 aliphatic rings. The Bertz CT molecular complexity index is 378. The van der Waals surface area contributed by atoms with Crippen molar-refractivity contribution >= 4 is 11.6 Å². The molecule has 0 saturated heterocycles. The van der Waals surface area contributed by atoms with Crippen LogP contribution in [0.3, 0.4) is 0 Å². The molecule has 0 aromatic carbocycles. The summed E-state index contributed by atoms with van der Waals surface area (Å²) in [7, 11) is 0. The Hall–Kier alpha value is -1.18. The minimum Gasteiger partial charge on any atom is -0.299 e. The Kier molecular flexibility index (Phi) is 5.28. The van der Waals surface area contributed by atoms with E-state index in [2.05, 4.69) is 20.1 Å².